The molecule has 12 heavy (non-hydrogen) atoms. The van der Waals surface area contributed by atoms with E-state index < -0.39 is 0 Å². The molecule has 0 atom stereocenters. The molecule has 0 aromatic heterocycles. The van der Waals surface area contributed by atoms with Crippen LogP contribution in [0.2, 0.25) is 0 Å². The van der Waals surface area contributed by atoms with Crippen LogP contribution in [-0.4, -0.2) is 0 Å². The quantitative estimate of drug-likeness (QED) is 0.587. The van der Waals surface area contributed by atoms with Gasteiger partial charge < -0.3 is 0 Å². The van der Waals surface area contributed by atoms with Crippen LogP contribution in [0.15, 0.2) is 46.0 Å². The van der Waals surface area contributed by atoms with Gasteiger partial charge in [-0.15, -0.1) is 0 Å². The Morgan fingerprint density at radius 3 is 2.75 bits per heavy atom. The van der Waals surface area contributed by atoms with Gasteiger partial charge in [-0.1, -0.05) is 60.2 Å². The minimum Gasteiger partial charge on any atom is -0.0671 e. The van der Waals surface area contributed by atoms with Crippen LogP contribution in [-0.2, 0) is 0 Å². The average molecular weight is 223 g/mol. The minimum atomic E-state index is 0.181. The summed E-state index contributed by atoms with van der Waals surface area (Å²) in [5, 5.41) is 0. The Bertz CT molecular complexity index is 338. The zero-order chi connectivity index (χ0) is 8.77. The second kappa shape index (κ2) is 2.46. The Kier molecular flexibility index (Phi) is 1.65. The predicted octanol–water partition coefficient (Wildman–Crippen LogP) is 3.73. The fourth-order valence-corrected chi connectivity index (χ4v) is 2.58. The van der Waals surface area contributed by atoms with Crippen molar-refractivity contribution < 1.29 is 0 Å². The number of hydrogen-bond donors (Lipinski definition) is 0. The van der Waals surface area contributed by atoms with Gasteiger partial charge in [0.2, 0.25) is 0 Å². The summed E-state index contributed by atoms with van der Waals surface area (Å²) < 4.78 is 1.22. The molecule has 0 nitrogen and oxygen atoms in total. The Morgan fingerprint density at radius 2 is 2.00 bits per heavy atom. The van der Waals surface area contributed by atoms with Crippen LogP contribution in [0.1, 0.15) is 13.8 Å². The number of fused-ring (bicyclic) bond motifs is 1. The molecule has 0 bridgehead atoms. The molecule has 62 valence electrons. The summed E-state index contributed by atoms with van der Waals surface area (Å²) in [5.41, 5.74) is 2.84. The van der Waals surface area contributed by atoms with Crippen molar-refractivity contribution in [3.63, 3.8) is 0 Å². The molecule has 0 aromatic rings. The second-order valence-electron chi connectivity index (χ2n) is 3.85. The molecule has 0 fully saturated rings. The fourth-order valence-electron chi connectivity index (χ4n) is 1.62. The Morgan fingerprint density at radius 1 is 1.25 bits per heavy atom. The van der Waals surface area contributed by atoms with E-state index in [4.69, 9.17) is 0 Å². The summed E-state index contributed by atoms with van der Waals surface area (Å²) in [6.45, 7) is 4.42. The van der Waals surface area contributed by atoms with Gasteiger partial charge in [-0.25, -0.2) is 0 Å². The molecule has 0 spiro atoms. The van der Waals surface area contributed by atoms with Gasteiger partial charge in [0, 0.05) is 9.90 Å². The van der Waals surface area contributed by atoms with Gasteiger partial charge in [-0.3, -0.25) is 0 Å². The van der Waals surface area contributed by atoms with Gasteiger partial charge in [0.25, 0.3) is 0 Å². The van der Waals surface area contributed by atoms with Crippen molar-refractivity contribution in [2.45, 2.75) is 13.8 Å². The summed E-state index contributed by atoms with van der Waals surface area (Å²) in [4.78, 5) is 0. The summed E-state index contributed by atoms with van der Waals surface area (Å²) in [6, 6.07) is 0. The minimum absolute atomic E-state index is 0.181. The monoisotopic (exact) mass is 222 g/mol. The Hall–Kier alpha value is -0.560. The first kappa shape index (κ1) is 8.06. The van der Waals surface area contributed by atoms with Crippen molar-refractivity contribution in [3.05, 3.63) is 46.0 Å². The Balaban J connectivity index is 2.51. The number of rotatable bonds is 0. The van der Waals surface area contributed by atoms with Crippen LogP contribution >= 0.6 is 15.9 Å². The highest BCUT2D eigenvalue weighted by Crippen LogP contribution is 2.40. The molecule has 0 aliphatic heterocycles. The van der Waals surface area contributed by atoms with Gasteiger partial charge >= 0.3 is 0 Å². The summed E-state index contributed by atoms with van der Waals surface area (Å²) >= 11 is 3.58. The van der Waals surface area contributed by atoms with E-state index in [9.17, 15) is 0 Å². The molecule has 2 aliphatic carbocycles. The molecule has 0 amide bonds. The van der Waals surface area contributed by atoms with Crippen LogP contribution in [0.3, 0.4) is 0 Å². The highest BCUT2D eigenvalue weighted by molar-refractivity contribution is 9.12. The summed E-state index contributed by atoms with van der Waals surface area (Å²) in [6.07, 6.45) is 10.9. The van der Waals surface area contributed by atoms with Gasteiger partial charge in [0.1, 0.15) is 0 Å². The molecule has 0 N–H and O–H groups in total. The van der Waals surface area contributed by atoms with Crippen molar-refractivity contribution in [2.24, 2.45) is 5.41 Å². The zero-order valence-electron chi connectivity index (χ0n) is 7.26. The third-order valence-corrected chi connectivity index (χ3v) is 2.79. The second-order valence-corrected chi connectivity index (χ2v) is 4.71. The van der Waals surface area contributed by atoms with E-state index in [-0.39, 0.29) is 5.41 Å². The van der Waals surface area contributed by atoms with E-state index in [1.165, 1.54) is 15.6 Å². The third-order valence-electron chi connectivity index (χ3n) is 2.13. The maximum Gasteiger partial charge on any atom is 0.0222 e. The highest BCUT2D eigenvalue weighted by Gasteiger charge is 2.22. The van der Waals surface area contributed by atoms with Crippen molar-refractivity contribution in [3.8, 4) is 0 Å². The molecule has 0 saturated heterocycles. The smallest absolute Gasteiger partial charge is 0.0222 e. The zero-order valence-corrected chi connectivity index (χ0v) is 8.85. The number of hydrogen-bond acceptors (Lipinski definition) is 0. The SMILES string of the molecule is CC1(C)C=C(Br)C2=CC=CC2=C1. The molecule has 0 saturated carbocycles. The first-order valence-corrected chi connectivity index (χ1v) is 4.88. The molecular weight excluding hydrogens is 212 g/mol. The molecule has 0 unspecified atom stereocenters. The van der Waals surface area contributed by atoms with Gasteiger partial charge in [0.15, 0.2) is 0 Å². The lowest BCUT2D eigenvalue weighted by Gasteiger charge is -2.23. The maximum atomic E-state index is 3.58. The van der Waals surface area contributed by atoms with E-state index >= 15 is 0 Å². The van der Waals surface area contributed by atoms with E-state index in [1.807, 2.05) is 0 Å². The first-order valence-electron chi connectivity index (χ1n) is 4.09. The number of allylic oxidation sites excluding steroid dienone is 8. The molecule has 2 aliphatic rings. The lowest BCUT2D eigenvalue weighted by molar-refractivity contribution is 0.617. The molecule has 0 aromatic carbocycles. The molecular formula is C11H11Br. The van der Waals surface area contributed by atoms with Crippen molar-refractivity contribution in [1.29, 1.82) is 0 Å². The van der Waals surface area contributed by atoms with Crippen molar-refractivity contribution in [2.75, 3.05) is 0 Å². The van der Waals surface area contributed by atoms with Crippen molar-refractivity contribution in [1.82, 2.24) is 0 Å². The lowest BCUT2D eigenvalue weighted by atomic mass is 9.84. The summed E-state index contributed by atoms with van der Waals surface area (Å²) in [5.74, 6) is 0. The van der Waals surface area contributed by atoms with E-state index in [0.717, 1.165) is 0 Å². The predicted molar refractivity (Wildman–Crippen MR) is 56.1 cm³/mol. The third kappa shape index (κ3) is 1.22. The molecule has 0 heterocycles. The Labute approximate surface area is 81.5 Å². The largest absolute Gasteiger partial charge is 0.0671 e. The topological polar surface area (TPSA) is 0 Å². The van der Waals surface area contributed by atoms with E-state index in [0.29, 0.717) is 0 Å². The summed E-state index contributed by atoms with van der Waals surface area (Å²) in [7, 11) is 0. The molecule has 1 heteroatoms. The molecule has 2 rings (SSSR count). The van der Waals surface area contributed by atoms with E-state index in [2.05, 4.69) is 60.2 Å². The van der Waals surface area contributed by atoms with Gasteiger partial charge in [-0.2, -0.15) is 0 Å². The normalized spacial score (nSPS) is 24.4. The lowest BCUT2D eigenvalue weighted by Crippen LogP contribution is -2.09. The van der Waals surface area contributed by atoms with Crippen LogP contribution in [0.5, 0.6) is 0 Å². The van der Waals surface area contributed by atoms with E-state index in [1.54, 1.807) is 0 Å². The average Bonchev–Trinajstić information content (AvgIpc) is 2.31. The maximum absolute atomic E-state index is 3.58. The molecule has 0 radical (unpaired) electrons. The van der Waals surface area contributed by atoms with Crippen LogP contribution in [0, 0.1) is 5.41 Å². The standard InChI is InChI=1S/C11H11Br/c1-11(2)6-8-4-3-5-9(8)10(12)7-11/h3-7H,1-2H3. The van der Waals surface area contributed by atoms with Crippen LogP contribution in [0.25, 0.3) is 0 Å². The fraction of sp³-hybridized carbons (Fsp3) is 0.273. The highest BCUT2D eigenvalue weighted by atomic mass is 79.9. The van der Waals surface area contributed by atoms with Crippen LogP contribution < -0.4 is 0 Å². The van der Waals surface area contributed by atoms with Gasteiger partial charge in [0.05, 0.1) is 0 Å². The number of halogens is 1. The van der Waals surface area contributed by atoms with Crippen LogP contribution in [0.4, 0.5) is 0 Å². The van der Waals surface area contributed by atoms with Gasteiger partial charge in [-0.05, 0) is 11.1 Å². The van der Waals surface area contributed by atoms with Crippen molar-refractivity contribution >= 4 is 15.9 Å². The first-order chi connectivity index (χ1) is 5.58.